The van der Waals surface area contributed by atoms with Gasteiger partial charge in [0.25, 0.3) is 5.89 Å². The van der Waals surface area contributed by atoms with E-state index in [2.05, 4.69) is 10.1 Å². The fourth-order valence-electron chi connectivity index (χ4n) is 2.59. The number of hydrogen-bond acceptors (Lipinski definition) is 6. The van der Waals surface area contributed by atoms with Crippen molar-refractivity contribution in [2.75, 3.05) is 6.54 Å². The molecule has 22 heavy (non-hydrogen) atoms. The molecule has 1 amide bonds. The summed E-state index contributed by atoms with van der Waals surface area (Å²) in [6.07, 6.45) is 3.52. The van der Waals surface area contributed by atoms with Crippen molar-refractivity contribution in [3.05, 3.63) is 48.4 Å². The van der Waals surface area contributed by atoms with Crippen LogP contribution in [0.4, 0.5) is 0 Å². The minimum Gasteiger partial charge on any atom is -0.467 e. The summed E-state index contributed by atoms with van der Waals surface area (Å²) in [5.41, 5.74) is 0. The monoisotopic (exact) mass is 299 g/mol. The lowest BCUT2D eigenvalue weighted by molar-refractivity contribution is -0.128. The molecule has 7 heteroatoms. The Morgan fingerprint density at radius 2 is 2.09 bits per heavy atom. The maximum atomic E-state index is 12.1. The Hall–Kier alpha value is -2.83. The van der Waals surface area contributed by atoms with Gasteiger partial charge in [-0.25, -0.2) is 0 Å². The molecule has 112 valence electrons. The van der Waals surface area contributed by atoms with E-state index in [1.807, 2.05) is 12.1 Å². The molecule has 1 fully saturated rings. The molecule has 0 bridgehead atoms. The molecule has 1 aliphatic rings. The third kappa shape index (κ3) is 2.30. The molecule has 0 spiro atoms. The Morgan fingerprint density at radius 1 is 1.23 bits per heavy atom. The van der Waals surface area contributed by atoms with Gasteiger partial charge in [0.2, 0.25) is 5.91 Å². The van der Waals surface area contributed by atoms with Crippen LogP contribution in [-0.4, -0.2) is 27.5 Å². The fourth-order valence-corrected chi connectivity index (χ4v) is 2.59. The highest BCUT2D eigenvalue weighted by Gasteiger charge is 2.34. The van der Waals surface area contributed by atoms with Gasteiger partial charge in [0.1, 0.15) is 5.76 Å². The molecule has 7 nitrogen and oxygen atoms in total. The molecule has 0 radical (unpaired) electrons. The first-order valence-corrected chi connectivity index (χ1v) is 6.97. The van der Waals surface area contributed by atoms with Crippen LogP contribution >= 0.6 is 0 Å². The highest BCUT2D eigenvalue weighted by Crippen LogP contribution is 2.29. The van der Waals surface area contributed by atoms with Crippen LogP contribution in [0.2, 0.25) is 0 Å². The van der Waals surface area contributed by atoms with E-state index in [9.17, 15) is 4.79 Å². The quantitative estimate of drug-likeness (QED) is 0.735. The summed E-state index contributed by atoms with van der Waals surface area (Å²) in [6.45, 7) is 1.02. The number of hydrogen-bond donors (Lipinski definition) is 0. The number of nitrogens with zero attached hydrogens (tertiary/aromatic N) is 3. The van der Waals surface area contributed by atoms with Gasteiger partial charge in [-0.05, 0) is 24.3 Å². The van der Waals surface area contributed by atoms with Crippen LogP contribution in [0.5, 0.6) is 0 Å². The number of likely N-dealkylation sites (tertiary alicyclic amines) is 1. The summed E-state index contributed by atoms with van der Waals surface area (Å²) in [7, 11) is 0. The lowest BCUT2D eigenvalue weighted by Crippen LogP contribution is -2.24. The zero-order valence-electron chi connectivity index (χ0n) is 11.6. The Kier molecular flexibility index (Phi) is 3.03. The van der Waals surface area contributed by atoms with Crippen LogP contribution < -0.4 is 0 Å². The van der Waals surface area contributed by atoms with E-state index in [1.54, 1.807) is 29.6 Å². The second-order valence-corrected chi connectivity index (χ2v) is 5.19. The second-order valence-electron chi connectivity index (χ2n) is 5.19. The molecule has 1 aliphatic heterocycles. The smallest absolute Gasteiger partial charge is 0.293 e. The van der Waals surface area contributed by atoms with Crippen molar-refractivity contribution in [3.8, 4) is 11.7 Å². The molecule has 4 heterocycles. The van der Waals surface area contributed by atoms with Crippen molar-refractivity contribution in [2.24, 2.45) is 0 Å². The SMILES string of the molecule is O=C1CC(c2noc(-c3ccco3)n2)CN1Cc1ccco1. The van der Waals surface area contributed by atoms with Crippen molar-refractivity contribution in [3.63, 3.8) is 0 Å². The minimum atomic E-state index is -0.0741. The highest BCUT2D eigenvalue weighted by atomic mass is 16.5. The molecule has 0 saturated carbocycles. The largest absolute Gasteiger partial charge is 0.467 e. The van der Waals surface area contributed by atoms with Crippen LogP contribution in [0.15, 0.2) is 50.1 Å². The number of furan rings is 2. The van der Waals surface area contributed by atoms with Crippen molar-refractivity contribution in [1.82, 2.24) is 15.0 Å². The van der Waals surface area contributed by atoms with E-state index in [4.69, 9.17) is 13.4 Å². The summed E-state index contributed by atoms with van der Waals surface area (Å²) in [6, 6.07) is 7.16. The first-order valence-electron chi connectivity index (χ1n) is 6.97. The number of rotatable bonds is 4. The van der Waals surface area contributed by atoms with Gasteiger partial charge >= 0.3 is 0 Å². The van der Waals surface area contributed by atoms with E-state index in [0.29, 0.717) is 37.0 Å². The minimum absolute atomic E-state index is 0.0609. The fraction of sp³-hybridized carbons (Fsp3) is 0.267. The van der Waals surface area contributed by atoms with Crippen molar-refractivity contribution in [2.45, 2.75) is 18.9 Å². The topological polar surface area (TPSA) is 85.5 Å². The van der Waals surface area contributed by atoms with Crippen LogP contribution in [0.25, 0.3) is 11.7 Å². The molecule has 0 aliphatic carbocycles. The predicted octanol–water partition coefficient (Wildman–Crippen LogP) is 2.44. The molecule has 1 saturated heterocycles. The number of carbonyl (C=O) groups is 1. The summed E-state index contributed by atoms with van der Waals surface area (Å²) in [5, 5.41) is 3.97. The Labute approximate surface area is 125 Å². The van der Waals surface area contributed by atoms with E-state index >= 15 is 0 Å². The molecule has 0 N–H and O–H groups in total. The first kappa shape index (κ1) is 12.9. The molecule has 3 aromatic heterocycles. The van der Waals surface area contributed by atoms with Crippen LogP contribution in [0, 0.1) is 0 Å². The molecule has 1 atom stereocenters. The molecular formula is C15H13N3O4. The van der Waals surface area contributed by atoms with Gasteiger partial charge in [0.15, 0.2) is 11.6 Å². The van der Waals surface area contributed by atoms with Gasteiger partial charge in [-0.2, -0.15) is 4.98 Å². The van der Waals surface area contributed by atoms with Gasteiger partial charge in [0, 0.05) is 18.9 Å². The van der Waals surface area contributed by atoms with Crippen LogP contribution in [0.3, 0.4) is 0 Å². The van der Waals surface area contributed by atoms with Crippen molar-refractivity contribution >= 4 is 5.91 Å². The zero-order valence-corrected chi connectivity index (χ0v) is 11.6. The van der Waals surface area contributed by atoms with Gasteiger partial charge in [-0.1, -0.05) is 5.16 Å². The summed E-state index contributed by atoms with van der Waals surface area (Å²) >= 11 is 0. The molecule has 3 aromatic rings. The van der Waals surface area contributed by atoms with E-state index in [1.165, 1.54) is 0 Å². The Morgan fingerprint density at radius 3 is 2.86 bits per heavy atom. The molecule has 1 unspecified atom stereocenters. The van der Waals surface area contributed by atoms with E-state index in [-0.39, 0.29) is 11.8 Å². The van der Waals surface area contributed by atoms with Crippen LogP contribution in [0.1, 0.15) is 23.9 Å². The van der Waals surface area contributed by atoms with E-state index in [0.717, 1.165) is 5.76 Å². The summed E-state index contributed by atoms with van der Waals surface area (Å²) in [4.78, 5) is 18.2. The second kappa shape index (κ2) is 5.18. The maximum Gasteiger partial charge on any atom is 0.293 e. The third-order valence-electron chi connectivity index (χ3n) is 3.68. The lowest BCUT2D eigenvalue weighted by Gasteiger charge is -2.13. The normalized spacial score (nSPS) is 18.3. The van der Waals surface area contributed by atoms with E-state index < -0.39 is 0 Å². The Balaban J connectivity index is 1.49. The number of carbonyl (C=O) groups excluding carboxylic acids is 1. The van der Waals surface area contributed by atoms with Gasteiger partial charge < -0.3 is 18.3 Å². The van der Waals surface area contributed by atoms with Gasteiger partial charge in [-0.3, -0.25) is 4.79 Å². The number of amides is 1. The van der Waals surface area contributed by atoms with Gasteiger partial charge in [-0.15, -0.1) is 0 Å². The summed E-state index contributed by atoms with van der Waals surface area (Å²) < 4.78 is 15.7. The maximum absolute atomic E-state index is 12.1. The first-order chi connectivity index (χ1) is 10.8. The highest BCUT2D eigenvalue weighted by molar-refractivity contribution is 5.79. The average molecular weight is 299 g/mol. The zero-order chi connectivity index (χ0) is 14.9. The summed E-state index contributed by atoms with van der Waals surface area (Å²) in [5.74, 6) is 2.13. The van der Waals surface area contributed by atoms with Crippen molar-refractivity contribution < 1.29 is 18.2 Å². The molecule has 0 aromatic carbocycles. The standard InChI is InChI=1S/C15H13N3O4/c19-13-7-10(8-18(13)9-11-3-1-5-20-11)14-16-15(22-17-14)12-4-2-6-21-12/h1-6,10H,7-9H2. The lowest BCUT2D eigenvalue weighted by atomic mass is 10.1. The van der Waals surface area contributed by atoms with Crippen molar-refractivity contribution in [1.29, 1.82) is 0 Å². The predicted molar refractivity (Wildman–Crippen MR) is 73.5 cm³/mol. The van der Waals surface area contributed by atoms with Crippen LogP contribution in [-0.2, 0) is 11.3 Å². The Bertz CT molecular complexity index is 761. The molecular weight excluding hydrogens is 286 g/mol. The van der Waals surface area contributed by atoms with Gasteiger partial charge in [0.05, 0.1) is 19.1 Å². The third-order valence-corrected chi connectivity index (χ3v) is 3.68. The number of aromatic nitrogens is 2. The average Bonchev–Trinajstić information content (AvgIpc) is 3.27. The molecule has 4 rings (SSSR count).